The molecular formula is C16H22O4. The zero-order chi connectivity index (χ0) is 14.4. The molecule has 1 aliphatic heterocycles. The average molecular weight is 278 g/mol. The second-order valence-electron chi connectivity index (χ2n) is 7.72. The maximum absolute atomic E-state index is 12.8. The molecule has 6 aliphatic rings. The fourth-order valence-electron chi connectivity index (χ4n) is 6.08. The molecule has 0 amide bonds. The largest absolute Gasteiger partial charge is 0.461 e. The second kappa shape index (κ2) is 3.46. The Balaban J connectivity index is 1.80. The van der Waals surface area contributed by atoms with E-state index in [0.717, 1.165) is 12.8 Å². The van der Waals surface area contributed by atoms with Crippen molar-refractivity contribution in [1.29, 1.82) is 0 Å². The first-order chi connectivity index (χ1) is 9.37. The number of hydrogen-bond donors (Lipinski definition) is 0. The zero-order valence-electron chi connectivity index (χ0n) is 12.5. The number of fused-ring (bicyclic) bond motifs is 4. The highest BCUT2D eigenvalue weighted by Gasteiger charge is 2.86. The van der Waals surface area contributed by atoms with Crippen molar-refractivity contribution < 1.29 is 19.1 Å². The van der Waals surface area contributed by atoms with E-state index in [1.165, 1.54) is 0 Å². The van der Waals surface area contributed by atoms with Crippen molar-refractivity contribution >= 4 is 11.8 Å². The van der Waals surface area contributed by atoms with Crippen molar-refractivity contribution in [2.24, 2.45) is 34.5 Å². The predicted octanol–water partition coefficient (Wildman–Crippen LogP) is 1.81. The summed E-state index contributed by atoms with van der Waals surface area (Å²) < 4.78 is 11.2. The highest BCUT2D eigenvalue weighted by atomic mass is 16.6. The van der Waals surface area contributed by atoms with Crippen molar-refractivity contribution in [2.45, 2.75) is 45.8 Å². The van der Waals surface area contributed by atoms with E-state index in [0.29, 0.717) is 0 Å². The Morgan fingerprint density at radius 2 is 2.00 bits per heavy atom. The van der Waals surface area contributed by atoms with Gasteiger partial charge in [0, 0.05) is 30.3 Å². The van der Waals surface area contributed by atoms with Gasteiger partial charge in [0.2, 0.25) is 0 Å². The quantitative estimate of drug-likeness (QED) is 0.686. The van der Waals surface area contributed by atoms with Crippen molar-refractivity contribution in [3.63, 3.8) is 0 Å². The molecule has 0 radical (unpaired) electrons. The lowest BCUT2D eigenvalue weighted by molar-refractivity contribution is -0.187. The van der Waals surface area contributed by atoms with Crippen LogP contribution in [0.2, 0.25) is 0 Å². The van der Waals surface area contributed by atoms with Crippen LogP contribution in [0.25, 0.3) is 0 Å². The molecule has 5 saturated carbocycles. The first-order valence-corrected chi connectivity index (χ1v) is 7.65. The number of methoxy groups -OCH3 is 1. The number of Topliss-reactive ketones (excluding diaryl/α,β-unsaturated/α-hetero) is 1. The number of rotatable bonds is 1. The van der Waals surface area contributed by atoms with Gasteiger partial charge in [0.15, 0.2) is 0 Å². The molecule has 0 N–H and O–H groups in total. The first kappa shape index (κ1) is 12.8. The van der Waals surface area contributed by atoms with Crippen LogP contribution >= 0.6 is 0 Å². The lowest BCUT2D eigenvalue weighted by atomic mass is 9.45. The second-order valence-corrected chi connectivity index (χ2v) is 7.72. The summed E-state index contributed by atoms with van der Waals surface area (Å²) in [6.45, 7) is 6.30. The van der Waals surface area contributed by atoms with Crippen LogP contribution in [0.1, 0.15) is 33.6 Å². The lowest BCUT2D eigenvalue weighted by Crippen LogP contribution is -2.62. The summed E-state index contributed by atoms with van der Waals surface area (Å²) in [7, 11) is 1.66. The minimum Gasteiger partial charge on any atom is -0.461 e. The van der Waals surface area contributed by atoms with Crippen LogP contribution in [0.5, 0.6) is 0 Å². The smallest absolute Gasteiger partial charge is 0.313 e. The molecule has 6 fully saturated rings. The molecule has 20 heavy (non-hydrogen) atoms. The van der Waals surface area contributed by atoms with Gasteiger partial charge < -0.3 is 9.47 Å². The van der Waals surface area contributed by atoms with Crippen LogP contribution in [0, 0.1) is 34.5 Å². The Hall–Kier alpha value is -0.900. The van der Waals surface area contributed by atoms with Crippen LogP contribution in [-0.2, 0) is 19.1 Å². The number of ketones is 1. The molecule has 4 heteroatoms. The summed E-state index contributed by atoms with van der Waals surface area (Å²) in [5.74, 6) is 0.480. The summed E-state index contributed by atoms with van der Waals surface area (Å²) in [6.07, 6.45) is 1.48. The Morgan fingerprint density at radius 3 is 2.60 bits per heavy atom. The molecule has 1 unspecified atom stereocenters. The van der Waals surface area contributed by atoms with Gasteiger partial charge >= 0.3 is 5.97 Å². The Kier molecular flexibility index (Phi) is 2.22. The topological polar surface area (TPSA) is 52.6 Å². The molecule has 0 aromatic carbocycles. The van der Waals surface area contributed by atoms with Gasteiger partial charge in [-0.1, -0.05) is 20.8 Å². The summed E-state index contributed by atoms with van der Waals surface area (Å²) in [4.78, 5) is 25.2. The molecule has 0 aromatic heterocycles. The Bertz CT molecular complexity index is 511. The average Bonchev–Trinajstić information content (AvgIpc) is 2.80. The van der Waals surface area contributed by atoms with Crippen LogP contribution in [-0.4, -0.2) is 31.1 Å². The van der Waals surface area contributed by atoms with E-state index in [9.17, 15) is 9.59 Å². The number of hydrogen-bond acceptors (Lipinski definition) is 4. The number of carbonyl (C=O) groups is 2. The van der Waals surface area contributed by atoms with Crippen LogP contribution in [0.3, 0.4) is 0 Å². The summed E-state index contributed by atoms with van der Waals surface area (Å²) in [5.41, 5.74) is -0.441. The maximum atomic E-state index is 12.8. The van der Waals surface area contributed by atoms with E-state index in [-0.39, 0.29) is 58.5 Å². The third-order valence-corrected chi connectivity index (χ3v) is 6.85. The number of esters is 1. The van der Waals surface area contributed by atoms with E-state index in [4.69, 9.17) is 9.47 Å². The standard InChI is InChI=1S/C16H22O4/c1-7-8(19-4)5-6-16-10-9(11(7)17)12(16)15(2,3)13(10)20-14(16)18/h7-10,12-13H,5-6H2,1-4H3/t7-,8-,9+,10+,12-,13+,16?/m1/s1. The third-order valence-electron chi connectivity index (χ3n) is 6.85. The van der Waals surface area contributed by atoms with Gasteiger partial charge in [-0.3, -0.25) is 9.59 Å². The zero-order valence-corrected chi connectivity index (χ0v) is 12.5. The van der Waals surface area contributed by atoms with E-state index in [1.54, 1.807) is 7.11 Å². The van der Waals surface area contributed by atoms with E-state index < -0.39 is 0 Å². The lowest BCUT2D eigenvalue weighted by Gasteiger charge is -2.55. The van der Waals surface area contributed by atoms with Gasteiger partial charge in [0.1, 0.15) is 11.9 Å². The molecule has 5 aliphatic carbocycles. The van der Waals surface area contributed by atoms with E-state index in [2.05, 4.69) is 13.8 Å². The molecule has 5 bridgehead atoms. The molecule has 1 spiro atoms. The molecule has 110 valence electrons. The van der Waals surface area contributed by atoms with Gasteiger partial charge in [-0.2, -0.15) is 0 Å². The highest BCUT2D eigenvalue weighted by Crippen LogP contribution is 2.79. The number of ether oxygens (including phenoxy) is 2. The first-order valence-electron chi connectivity index (χ1n) is 7.65. The molecule has 6 rings (SSSR count). The fraction of sp³-hybridized carbons (Fsp3) is 0.875. The van der Waals surface area contributed by atoms with Crippen LogP contribution < -0.4 is 0 Å². The fourth-order valence-corrected chi connectivity index (χ4v) is 6.08. The van der Waals surface area contributed by atoms with Gasteiger partial charge in [0.05, 0.1) is 11.5 Å². The van der Waals surface area contributed by atoms with Gasteiger partial charge in [-0.25, -0.2) is 0 Å². The highest BCUT2D eigenvalue weighted by molar-refractivity contribution is 5.94. The minimum absolute atomic E-state index is 0.00870. The van der Waals surface area contributed by atoms with E-state index in [1.807, 2.05) is 6.92 Å². The monoisotopic (exact) mass is 278 g/mol. The van der Waals surface area contributed by atoms with Crippen LogP contribution in [0.15, 0.2) is 0 Å². The van der Waals surface area contributed by atoms with Crippen molar-refractivity contribution in [3.8, 4) is 0 Å². The molecule has 4 nitrogen and oxygen atoms in total. The third kappa shape index (κ3) is 1.05. The molecule has 1 heterocycles. The van der Waals surface area contributed by atoms with Gasteiger partial charge in [-0.05, 0) is 18.8 Å². The maximum Gasteiger partial charge on any atom is 0.313 e. The summed E-state index contributed by atoms with van der Waals surface area (Å²) >= 11 is 0. The summed E-state index contributed by atoms with van der Waals surface area (Å²) in [5, 5.41) is 0. The molecule has 0 aromatic rings. The van der Waals surface area contributed by atoms with Crippen molar-refractivity contribution in [2.75, 3.05) is 7.11 Å². The predicted molar refractivity (Wildman–Crippen MR) is 70.8 cm³/mol. The minimum atomic E-state index is -0.384. The number of carbonyl (C=O) groups excluding carboxylic acids is 2. The van der Waals surface area contributed by atoms with Gasteiger partial charge in [-0.15, -0.1) is 0 Å². The Morgan fingerprint density at radius 1 is 1.30 bits per heavy atom. The molecule has 1 saturated heterocycles. The summed E-state index contributed by atoms with van der Waals surface area (Å²) in [6, 6.07) is 0. The van der Waals surface area contributed by atoms with Crippen molar-refractivity contribution in [1.82, 2.24) is 0 Å². The normalized spacial score (nSPS) is 55.0. The molecular weight excluding hydrogens is 256 g/mol. The molecule has 7 atom stereocenters. The SMILES string of the molecule is CO[C@@H]1CCC23C(=O)O[C@H]4[C@@H]2[C@@H](C(=O)[C@@H]1C)[C@@H]3C4(C)C. The van der Waals surface area contributed by atoms with Crippen LogP contribution in [0.4, 0.5) is 0 Å². The van der Waals surface area contributed by atoms with Crippen molar-refractivity contribution in [3.05, 3.63) is 0 Å². The Labute approximate surface area is 119 Å². The van der Waals surface area contributed by atoms with E-state index >= 15 is 0 Å². The van der Waals surface area contributed by atoms with Gasteiger partial charge in [0.25, 0.3) is 0 Å².